The second-order valence-electron chi connectivity index (χ2n) is 14.1. The molecule has 1 unspecified atom stereocenters. The van der Waals surface area contributed by atoms with E-state index in [4.69, 9.17) is 0 Å². The molecule has 236 valence electrons. The molecule has 1 fully saturated rings. The van der Waals surface area contributed by atoms with Crippen molar-refractivity contribution in [3.8, 4) is 0 Å². The first-order chi connectivity index (χ1) is 21.3. The van der Waals surface area contributed by atoms with Gasteiger partial charge >= 0.3 is 5.97 Å². The van der Waals surface area contributed by atoms with Crippen molar-refractivity contribution in [3.05, 3.63) is 93.5 Å². The van der Waals surface area contributed by atoms with Gasteiger partial charge in [0.05, 0.1) is 0 Å². The number of hydrogen-bond acceptors (Lipinski definition) is 4. The normalized spacial score (nSPS) is 18.5. The van der Waals surface area contributed by atoms with Crippen LogP contribution in [0.4, 0.5) is 5.69 Å². The molecule has 3 aromatic carbocycles. The molecule has 1 saturated heterocycles. The lowest BCUT2D eigenvalue weighted by Gasteiger charge is -2.38. The fourth-order valence-electron chi connectivity index (χ4n) is 7.83. The second-order valence-corrected chi connectivity index (χ2v) is 18.5. The molecule has 0 spiro atoms. The molecular formula is C38H48N3O3Si+. The van der Waals surface area contributed by atoms with Crippen LogP contribution < -0.4 is 30.4 Å². The number of aliphatic hydroxyl groups excluding tert-OH is 1. The van der Waals surface area contributed by atoms with Crippen LogP contribution in [-0.2, 0) is 4.79 Å². The van der Waals surface area contributed by atoms with E-state index in [1.54, 1.807) is 0 Å². The van der Waals surface area contributed by atoms with E-state index in [0.29, 0.717) is 13.0 Å². The number of allylic oxidation sites excluding steroid dienone is 1. The number of rotatable bonds is 9. The molecule has 0 amide bonds. The molecule has 3 heterocycles. The molecule has 0 aromatic heterocycles. The summed E-state index contributed by atoms with van der Waals surface area (Å²) in [7, 11) is -0.287. The molecule has 3 aliphatic heterocycles. The molecule has 6 rings (SSSR count). The zero-order chi connectivity index (χ0) is 32.3. The Morgan fingerprint density at radius 2 is 1.78 bits per heavy atom. The van der Waals surface area contributed by atoms with Gasteiger partial charge < -0.3 is 15.1 Å². The third kappa shape index (κ3) is 5.39. The standard InChI is InChI=1S/C38H47N3O3Si/c1-8-41-32-23-34-31(22-30(32)25(2)24-38(41,3)4)36(29-17-16-26(40-19-12-20-40)21-33(29)45(34,6)7)27-13-9-10-14-28(27)37(44)39(5)18-11-15-35(42)43/h9-10,13-14,16-17,21-24,37,44H,8,11-12,15,18-20H2,1-7H3/p+1. The number of carbonyl (C=O) groups is 1. The SMILES string of the molecule is CC[N+]1=c2cc3c(cc2C(C)=CC1(C)C)=C(c1ccccc1C(O)N(C)CCCC(=O)O)c1ccc(N2CCC2)cc1[Si]3(C)C. The van der Waals surface area contributed by atoms with Crippen molar-refractivity contribution in [1.29, 1.82) is 0 Å². The lowest BCUT2D eigenvalue weighted by molar-refractivity contribution is -0.137. The number of likely N-dealkylation sites (N-methyl/N-ethyl adjacent to an activating group) is 1. The maximum Gasteiger partial charge on any atom is 0.303 e. The van der Waals surface area contributed by atoms with Gasteiger partial charge in [-0.2, -0.15) is 0 Å². The second kappa shape index (κ2) is 11.7. The summed E-state index contributed by atoms with van der Waals surface area (Å²) in [5.41, 5.74) is 8.13. The molecule has 2 N–H and O–H groups in total. The lowest BCUT2D eigenvalue weighted by atomic mass is 9.87. The van der Waals surface area contributed by atoms with E-state index >= 15 is 0 Å². The van der Waals surface area contributed by atoms with Crippen LogP contribution in [0, 0.1) is 0 Å². The largest absolute Gasteiger partial charge is 0.481 e. The van der Waals surface area contributed by atoms with Crippen LogP contribution >= 0.6 is 0 Å². The monoisotopic (exact) mass is 622 g/mol. The minimum atomic E-state index is -2.16. The fourth-order valence-corrected chi connectivity index (χ4v) is 10.9. The van der Waals surface area contributed by atoms with Crippen molar-refractivity contribution >= 4 is 41.3 Å². The first-order valence-corrected chi connectivity index (χ1v) is 19.5. The Morgan fingerprint density at radius 1 is 1.04 bits per heavy atom. The molecule has 3 aliphatic rings. The Kier molecular flexibility index (Phi) is 8.17. The van der Waals surface area contributed by atoms with Crippen LogP contribution in [-0.4, -0.2) is 67.9 Å². The Labute approximate surface area is 268 Å². The first kappa shape index (κ1) is 31.5. The predicted octanol–water partition coefficient (Wildman–Crippen LogP) is 3.77. The number of benzene rings is 3. The van der Waals surface area contributed by atoms with Gasteiger partial charge in [0, 0.05) is 62.8 Å². The topological polar surface area (TPSA) is 67.0 Å². The molecule has 0 saturated carbocycles. The van der Waals surface area contributed by atoms with Gasteiger partial charge in [-0.05, 0) is 95.9 Å². The summed E-state index contributed by atoms with van der Waals surface area (Å²) < 4.78 is 2.54. The molecular weight excluding hydrogens is 575 g/mol. The van der Waals surface area contributed by atoms with Crippen LogP contribution in [0.5, 0.6) is 0 Å². The molecule has 45 heavy (non-hydrogen) atoms. The number of nitrogens with zero attached hydrogens (tertiary/aromatic N) is 3. The highest BCUT2D eigenvalue weighted by atomic mass is 28.3. The molecule has 3 aromatic rings. The summed E-state index contributed by atoms with van der Waals surface area (Å²) in [6, 6.07) is 20.3. The van der Waals surface area contributed by atoms with Crippen molar-refractivity contribution in [2.45, 2.75) is 71.8 Å². The molecule has 0 aliphatic carbocycles. The summed E-state index contributed by atoms with van der Waals surface area (Å²) >= 11 is 0. The zero-order valence-corrected chi connectivity index (χ0v) is 28.9. The van der Waals surface area contributed by atoms with Crippen LogP contribution in [0.15, 0.2) is 60.7 Å². The van der Waals surface area contributed by atoms with Gasteiger partial charge in [-0.1, -0.05) is 43.4 Å². The summed E-state index contributed by atoms with van der Waals surface area (Å²) in [6.45, 7) is 17.7. The van der Waals surface area contributed by atoms with E-state index in [1.165, 1.54) is 55.3 Å². The van der Waals surface area contributed by atoms with E-state index in [1.807, 2.05) is 24.1 Å². The van der Waals surface area contributed by atoms with Gasteiger partial charge in [-0.15, -0.1) is 0 Å². The Morgan fingerprint density at radius 3 is 2.44 bits per heavy atom. The zero-order valence-electron chi connectivity index (χ0n) is 27.9. The van der Waals surface area contributed by atoms with Gasteiger partial charge in [0.25, 0.3) is 0 Å². The highest BCUT2D eigenvalue weighted by Crippen LogP contribution is 2.33. The van der Waals surface area contributed by atoms with Crippen molar-refractivity contribution in [1.82, 2.24) is 9.48 Å². The van der Waals surface area contributed by atoms with E-state index in [2.05, 4.69) is 98.8 Å². The van der Waals surface area contributed by atoms with Gasteiger partial charge in [0.2, 0.25) is 5.36 Å². The van der Waals surface area contributed by atoms with Gasteiger partial charge in [-0.3, -0.25) is 9.69 Å². The van der Waals surface area contributed by atoms with Gasteiger partial charge in [0.1, 0.15) is 20.8 Å². The maximum atomic E-state index is 11.7. The number of hydrogen-bond donors (Lipinski definition) is 2. The smallest absolute Gasteiger partial charge is 0.303 e. The summed E-state index contributed by atoms with van der Waals surface area (Å²) in [4.78, 5) is 15.5. The molecule has 7 heteroatoms. The lowest BCUT2D eigenvalue weighted by Crippen LogP contribution is -2.64. The van der Waals surface area contributed by atoms with E-state index in [0.717, 1.165) is 30.8 Å². The third-order valence-electron chi connectivity index (χ3n) is 10.4. The van der Waals surface area contributed by atoms with Crippen LogP contribution in [0.25, 0.3) is 11.1 Å². The minimum absolute atomic E-state index is 0.0719. The third-order valence-corrected chi connectivity index (χ3v) is 13.9. The minimum Gasteiger partial charge on any atom is -0.481 e. The van der Waals surface area contributed by atoms with E-state index in [-0.39, 0.29) is 12.0 Å². The van der Waals surface area contributed by atoms with Crippen molar-refractivity contribution in [3.63, 3.8) is 0 Å². The van der Waals surface area contributed by atoms with Gasteiger partial charge in [-0.25, -0.2) is 4.58 Å². The quantitative estimate of drug-likeness (QED) is 0.216. The average Bonchev–Trinajstić information content (AvgIpc) is 2.95. The predicted molar refractivity (Wildman–Crippen MR) is 188 cm³/mol. The maximum absolute atomic E-state index is 11.7. The number of carboxylic acid groups (broad SMARTS) is 1. The van der Waals surface area contributed by atoms with Crippen molar-refractivity contribution in [2.24, 2.45) is 0 Å². The average molecular weight is 623 g/mol. The number of anilines is 1. The Hall–Kier alpha value is -3.52. The molecule has 0 radical (unpaired) electrons. The highest BCUT2D eigenvalue weighted by Gasteiger charge is 2.39. The van der Waals surface area contributed by atoms with Crippen molar-refractivity contribution < 1.29 is 15.0 Å². The molecule has 1 atom stereocenters. The number of fused-ring (bicyclic) bond motifs is 3. The van der Waals surface area contributed by atoms with Crippen LogP contribution in [0.2, 0.25) is 13.1 Å². The van der Waals surface area contributed by atoms with E-state index < -0.39 is 20.3 Å². The molecule has 6 nitrogen and oxygen atoms in total. The molecule has 0 bridgehead atoms. The summed E-state index contributed by atoms with van der Waals surface area (Å²) in [5.74, 6) is -0.814. The Bertz CT molecular complexity index is 1840. The summed E-state index contributed by atoms with van der Waals surface area (Å²) in [5, 5.41) is 26.4. The number of aliphatic hydroxyl groups is 1. The van der Waals surface area contributed by atoms with Crippen LogP contribution in [0.1, 0.15) is 75.4 Å². The Balaban J connectivity index is 1.65. The van der Waals surface area contributed by atoms with Crippen LogP contribution in [0.3, 0.4) is 0 Å². The highest BCUT2D eigenvalue weighted by molar-refractivity contribution is 7.01. The number of carboxylic acids is 1. The van der Waals surface area contributed by atoms with Crippen molar-refractivity contribution in [2.75, 3.05) is 38.1 Å². The van der Waals surface area contributed by atoms with E-state index in [9.17, 15) is 15.0 Å². The van der Waals surface area contributed by atoms with Gasteiger partial charge in [0.15, 0.2) is 5.54 Å². The first-order valence-electron chi connectivity index (χ1n) is 16.5. The fraction of sp³-hybridized carbons (Fsp3) is 0.421. The summed E-state index contributed by atoms with van der Waals surface area (Å²) in [6.07, 6.45) is 3.34. The number of aliphatic carboxylic acids is 1.